The van der Waals surface area contributed by atoms with Crippen molar-refractivity contribution in [3.63, 3.8) is 0 Å². The van der Waals surface area contributed by atoms with Crippen molar-refractivity contribution in [2.24, 2.45) is 0 Å². The zero-order chi connectivity index (χ0) is 40.3. The van der Waals surface area contributed by atoms with Crippen molar-refractivity contribution in [1.29, 1.82) is 0 Å². The van der Waals surface area contributed by atoms with Crippen molar-refractivity contribution in [3.8, 4) is 39.1 Å². The minimum atomic E-state index is 1.11. The van der Waals surface area contributed by atoms with Gasteiger partial charge >= 0.3 is 0 Å². The van der Waals surface area contributed by atoms with Crippen molar-refractivity contribution in [1.82, 2.24) is 4.57 Å². The average Bonchev–Trinajstić information content (AvgIpc) is 3.88. The van der Waals surface area contributed by atoms with E-state index in [2.05, 4.69) is 240 Å². The Kier molecular flexibility index (Phi) is 8.39. The SMILES string of the molecule is c1ccc(-c2ccccc2-n2c3ccccc3c3ccccc32)c(-c2ccc(N(c3ccc(-c4cccc5ccccc45)cc3)c3cccc4c3sc3ccccc34)cc2)c1. The van der Waals surface area contributed by atoms with E-state index in [1.807, 2.05) is 11.3 Å². The average molecular weight is 795 g/mol. The van der Waals surface area contributed by atoms with E-state index in [0.29, 0.717) is 0 Å². The highest BCUT2D eigenvalue weighted by Crippen LogP contribution is 2.46. The van der Waals surface area contributed by atoms with E-state index in [0.717, 1.165) is 11.4 Å². The lowest BCUT2D eigenvalue weighted by atomic mass is 9.93. The van der Waals surface area contributed by atoms with Gasteiger partial charge in [0.05, 0.1) is 27.1 Å². The summed E-state index contributed by atoms with van der Waals surface area (Å²) in [7, 11) is 0. The lowest BCUT2D eigenvalue weighted by Gasteiger charge is -2.26. The first-order valence-electron chi connectivity index (χ1n) is 20.8. The van der Waals surface area contributed by atoms with Crippen molar-refractivity contribution >= 4 is 81.1 Å². The van der Waals surface area contributed by atoms with Crippen LogP contribution in [0.2, 0.25) is 0 Å². The Morgan fingerprint density at radius 2 is 0.820 bits per heavy atom. The Balaban J connectivity index is 0.987. The van der Waals surface area contributed by atoms with Crippen LogP contribution in [0.1, 0.15) is 0 Å². The molecule has 0 saturated carbocycles. The van der Waals surface area contributed by atoms with E-state index in [1.54, 1.807) is 0 Å². The van der Waals surface area contributed by atoms with Crippen molar-refractivity contribution in [3.05, 3.63) is 231 Å². The fourth-order valence-corrected chi connectivity index (χ4v) is 10.6. The fourth-order valence-electron chi connectivity index (χ4n) is 9.44. The van der Waals surface area contributed by atoms with Crippen LogP contribution in [-0.2, 0) is 0 Å². The van der Waals surface area contributed by atoms with Crippen LogP contribution in [-0.4, -0.2) is 4.57 Å². The Morgan fingerprint density at radius 1 is 0.328 bits per heavy atom. The normalized spacial score (nSPS) is 11.6. The van der Waals surface area contributed by atoms with E-state index in [-0.39, 0.29) is 0 Å². The third kappa shape index (κ3) is 5.85. The summed E-state index contributed by atoms with van der Waals surface area (Å²) in [5, 5.41) is 7.61. The van der Waals surface area contributed by atoms with Gasteiger partial charge in [-0.25, -0.2) is 0 Å². The molecule has 3 heteroatoms. The van der Waals surface area contributed by atoms with Gasteiger partial charge in [-0.05, 0) is 93.2 Å². The second-order valence-corrected chi connectivity index (χ2v) is 16.7. The summed E-state index contributed by atoms with van der Waals surface area (Å²) < 4.78 is 5.00. The molecular formula is C58H38N2S. The number of thiophene rings is 1. The summed E-state index contributed by atoms with van der Waals surface area (Å²) in [6.07, 6.45) is 0. The number of rotatable bonds is 7. The first kappa shape index (κ1) is 35.2. The highest BCUT2D eigenvalue weighted by molar-refractivity contribution is 7.26. The summed E-state index contributed by atoms with van der Waals surface area (Å²) in [5.41, 5.74) is 14.2. The summed E-state index contributed by atoms with van der Waals surface area (Å²) in [4.78, 5) is 2.43. The van der Waals surface area contributed by atoms with Crippen LogP contribution in [0.3, 0.4) is 0 Å². The predicted molar refractivity (Wildman–Crippen MR) is 262 cm³/mol. The summed E-state index contributed by atoms with van der Waals surface area (Å²) in [6, 6.07) is 84.1. The van der Waals surface area contributed by atoms with Crippen molar-refractivity contribution < 1.29 is 0 Å². The zero-order valence-electron chi connectivity index (χ0n) is 33.2. The van der Waals surface area contributed by atoms with Gasteiger partial charge in [0.1, 0.15) is 0 Å². The van der Waals surface area contributed by atoms with Crippen LogP contribution in [0.25, 0.3) is 91.8 Å². The van der Waals surface area contributed by atoms with Crippen molar-refractivity contribution in [2.45, 2.75) is 0 Å². The smallest absolute Gasteiger partial charge is 0.0640 e. The molecule has 286 valence electrons. The van der Waals surface area contributed by atoms with Gasteiger partial charge in [-0.3, -0.25) is 0 Å². The zero-order valence-corrected chi connectivity index (χ0v) is 34.1. The number of benzene rings is 10. The Hall–Kier alpha value is -7.72. The van der Waals surface area contributed by atoms with E-state index >= 15 is 0 Å². The summed E-state index contributed by atoms with van der Waals surface area (Å²) >= 11 is 1.86. The number of anilines is 3. The number of nitrogens with zero attached hydrogens (tertiary/aromatic N) is 2. The van der Waals surface area contributed by atoms with Gasteiger partial charge in [0.25, 0.3) is 0 Å². The van der Waals surface area contributed by atoms with Crippen LogP contribution >= 0.6 is 11.3 Å². The lowest BCUT2D eigenvalue weighted by molar-refractivity contribution is 1.18. The second-order valence-electron chi connectivity index (χ2n) is 15.6. The topological polar surface area (TPSA) is 8.17 Å². The summed E-state index contributed by atoms with van der Waals surface area (Å²) in [6.45, 7) is 0. The minimum absolute atomic E-state index is 1.11. The maximum absolute atomic E-state index is 2.43. The van der Waals surface area contributed by atoms with Crippen LogP contribution < -0.4 is 4.90 Å². The molecule has 0 aliphatic heterocycles. The number of hydrogen-bond donors (Lipinski definition) is 0. The van der Waals surface area contributed by atoms with Gasteiger partial charge in [-0.2, -0.15) is 0 Å². The highest BCUT2D eigenvalue weighted by atomic mass is 32.1. The molecule has 0 atom stereocenters. The molecule has 0 saturated heterocycles. The van der Waals surface area contributed by atoms with Crippen LogP contribution in [0.15, 0.2) is 231 Å². The predicted octanol–water partition coefficient (Wildman–Crippen LogP) is 16.8. The maximum atomic E-state index is 2.43. The Bertz CT molecular complexity index is 3530. The molecule has 0 radical (unpaired) electrons. The van der Waals surface area contributed by atoms with Gasteiger partial charge in [-0.15, -0.1) is 11.3 Å². The van der Waals surface area contributed by atoms with Gasteiger partial charge in [0, 0.05) is 43.2 Å². The largest absolute Gasteiger partial charge is 0.309 e. The Labute approximate surface area is 358 Å². The molecule has 0 amide bonds. The second kappa shape index (κ2) is 14.5. The quantitative estimate of drug-likeness (QED) is 0.156. The van der Waals surface area contributed by atoms with E-state index < -0.39 is 0 Å². The number of aromatic nitrogens is 1. The van der Waals surface area contributed by atoms with Crippen LogP contribution in [0.5, 0.6) is 0 Å². The monoisotopic (exact) mass is 794 g/mol. The third-order valence-corrected chi connectivity index (χ3v) is 13.4. The molecule has 0 spiro atoms. The van der Waals surface area contributed by atoms with Gasteiger partial charge in [0.2, 0.25) is 0 Å². The molecule has 0 unspecified atom stereocenters. The molecule has 0 aliphatic rings. The first-order chi connectivity index (χ1) is 30.3. The highest BCUT2D eigenvalue weighted by Gasteiger charge is 2.20. The number of fused-ring (bicyclic) bond motifs is 7. The molecule has 2 aromatic heterocycles. The molecule has 61 heavy (non-hydrogen) atoms. The molecule has 2 nitrogen and oxygen atoms in total. The van der Waals surface area contributed by atoms with Gasteiger partial charge < -0.3 is 9.47 Å². The molecule has 0 bridgehead atoms. The third-order valence-electron chi connectivity index (χ3n) is 12.2. The first-order valence-corrected chi connectivity index (χ1v) is 21.7. The molecule has 0 fully saturated rings. The molecular weight excluding hydrogens is 757 g/mol. The van der Waals surface area contributed by atoms with Gasteiger partial charge in [-0.1, -0.05) is 176 Å². The number of hydrogen-bond acceptors (Lipinski definition) is 2. The van der Waals surface area contributed by atoms with E-state index in [9.17, 15) is 0 Å². The molecule has 12 rings (SSSR count). The maximum Gasteiger partial charge on any atom is 0.0640 e. The van der Waals surface area contributed by atoms with Gasteiger partial charge in [0.15, 0.2) is 0 Å². The van der Waals surface area contributed by atoms with Crippen LogP contribution in [0, 0.1) is 0 Å². The molecule has 10 aromatic carbocycles. The molecule has 0 N–H and O–H groups in total. The minimum Gasteiger partial charge on any atom is -0.309 e. The number of para-hydroxylation sites is 3. The van der Waals surface area contributed by atoms with Crippen molar-refractivity contribution in [2.75, 3.05) is 4.90 Å². The fraction of sp³-hybridized carbons (Fsp3) is 0. The van der Waals surface area contributed by atoms with E-state index in [1.165, 1.54) is 97.5 Å². The molecule has 12 aromatic rings. The lowest BCUT2D eigenvalue weighted by Crippen LogP contribution is -2.10. The van der Waals surface area contributed by atoms with E-state index in [4.69, 9.17) is 0 Å². The Morgan fingerprint density at radius 3 is 1.54 bits per heavy atom. The molecule has 2 heterocycles. The summed E-state index contributed by atoms with van der Waals surface area (Å²) in [5.74, 6) is 0. The standard InChI is InChI=1S/C58H38N2S/c1-2-17-44-39(15-1)16-13-24-45(44)40-31-35-42(36-32-40)59(56-29-14-25-52-51-23-8-12-30-57(51)61-58(52)56)43-37-33-41(34-38-43)46-18-3-4-19-47(46)48-20-5-9-26-53(48)60-54-27-10-6-21-49(54)50-22-7-11-28-55(50)60/h1-38H. The molecule has 0 aliphatic carbocycles. The van der Waals surface area contributed by atoms with Crippen LogP contribution in [0.4, 0.5) is 17.1 Å².